The molecule has 0 amide bonds. The predicted molar refractivity (Wildman–Crippen MR) is 71.0 cm³/mol. The standard InChI is InChI=1S/C14H17N3O2/c1-10(14-15-6-7-17(14)2)16-8-11-4-3-5-12-13(11)19-9-18-12/h3-7,10,16H,8-9H2,1-2H3. The fraction of sp³-hybridized carbons (Fsp3) is 0.357. The van der Waals surface area contributed by atoms with Crippen molar-refractivity contribution in [1.82, 2.24) is 14.9 Å². The Morgan fingerprint density at radius 2 is 2.32 bits per heavy atom. The highest BCUT2D eigenvalue weighted by Gasteiger charge is 2.18. The highest BCUT2D eigenvalue weighted by atomic mass is 16.7. The molecular weight excluding hydrogens is 242 g/mol. The van der Waals surface area contributed by atoms with Gasteiger partial charge in [0.25, 0.3) is 0 Å². The molecule has 0 aliphatic carbocycles. The fourth-order valence-corrected chi connectivity index (χ4v) is 2.28. The molecule has 1 N–H and O–H groups in total. The Balaban J connectivity index is 1.70. The first-order chi connectivity index (χ1) is 9.25. The van der Waals surface area contributed by atoms with Crippen molar-refractivity contribution in [3.05, 3.63) is 42.0 Å². The van der Waals surface area contributed by atoms with Crippen LogP contribution < -0.4 is 14.8 Å². The van der Waals surface area contributed by atoms with Crippen LogP contribution in [-0.2, 0) is 13.6 Å². The number of fused-ring (bicyclic) bond motifs is 1. The number of ether oxygens (including phenoxy) is 2. The van der Waals surface area contributed by atoms with Crippen LogP contribution in [0.5, 0.6) is 11.5 Å². The Morgan fingerprint density at radius 3 is 3.11 bits per heavy atom. The van der Waals surface area contributed by atoms with E-state index in [0.717, 1.165) is 29.4 Å². The highest BCUT2D eigenvalue weighted by molar-refractivity contribution is 5.48. The Bertz CT molecular complexity index is 580. The van der Waals surface area contributed by atoms with E-state index in [0.29, 0.717) is 6.79 Å². The molecule has 19 heavy (non-hydrogen) atoms. The summed E-state index contributed by atoms with van der Waals surface area (Å²) in [6.45, 7) is 3.13. The number of hydrogen-bond acceptors (Lipinski definition) is 4. The number of nitrogens with one attached hydrogen (secondary N) is 1. The van der Waals surface area contributed by atoms with Crippen LogP contribution in [0.15, 0.2) is 30.6 Å². The van der Waals surface area contributed by atoms with Gasteiger partial charge in [-0.2, -0.15) is 0 Å². The smallest absolute Gasteiger partial charge is 0.231 e. The Kier molecular flexibility index (Phi) is 3.13. The Hall–Kier alpha value is -2.01. The van der Waals surface area contributed by atoms with Gasteiger partial charge in [-0.05, 0) is 13.0 Å². The molecule has 0 saturated heterocycles. The first-order valence-electron chi connectivity index (χ1n) is 6.34. The molecule has 5 heteroatoms. The minimum Gasteiger partial charge on any atom is -0.454 e. The number of nitrogens with zero attached hydrogens (tertiary/aromatic N) is 2. The van der Waals surface area contributed by atoms with Gasteiger partial charge in [0.1, 0.15) is 5.82 Å². The number of hydrogen-bond donors (Lipinski definition) is 1. The minimum absolute atomic E-state index is 0.179. The minimum atomic E-state index is 0.179. The van der Waals surface area contributed by atoms with Crippen molar-refractivity contribution >= 4 is 0 Å². The van der Waals surface area contributed by atoms with Crippen molar-refractivity contribution < 1.29 is 9.47 Å². The monoisotopic (exact) mass is 259 g/mol. The summed E-state index contributed by atoms with van der Waals surface area (Å²) in [4.78, 5) is 4.34. The van der Waals surface area contributed by atoms with E-state index in [1.54, 1.807) is 0 Å². The summed E-state index contributed by atoms with van der Waals surface area (Å²) >= 11 is 0. The predicted octanol–water partition coefficient (Wildman–Crippen LogP) is 2.00. The van der Waals surface area contributed by atoms with E-state index in [1.807, 2.05) is 42.2 Å². The molecule has 2 heterocycles. The van der Waals surface area contributed by atoms with Gasteiger partial charge in [0.05, 0.1) is 6.04 Å². The Morgan fingerprint density at radius 1 is 1.42 bits per heavy atom. The average Bonchev–Trinajstić information content (AvgIpc) is 3.04. The van der Waals surface area contributed by atoms with Crippen LogP contribution in [0.1, 0.15) is 24.4 Å². The van der Waals surface area contributed by atoms with E-state index in [-0.39, 0.29) is 6.04 Å². The highest BCUT2D eigenvalue weighted by Crippen LogP contribution is 2.35. The molecule has 1 unspecified atom stereocenters. The number of para-hydroxylation sites is 1. The third-order valence-corrected chi connectivity index (χ3v) is 3.32. The summed E-state index contributed by atoms with van der Waals surface area (Å²) in [5.74, 6) is 2.69. The van der Waals surface area contributed by atoms with Gasteiger partial charge in [-0.15, -0.1) is 0 Å². The van der Waals surface area contributed by atoms with Gasteiger partial charge >= 0.3 is 0 Å². The second kappa shape index (κ2) is 4.93. The fourth-order valence-electron chi connectivity index (χ4n) is 2.28. The van der Waals surface area contributed by atoms with Crippen molar-refractivity contribution in [2.45, 2.75) is 19.5 Å². The molecule has 0 spiro atoms. The second-order valence-electron chi connectivity index (χ2n) is 4.65. The van der Waals surface area contributed by atoms with Crippen molar-refractivity contribution in [3.8, 4) is 11.5 Å². The van der Waals surface area contributed by atoms with E-state index in [2.05, 4.69) is 17.2 Å². The molecule has 2 aromatic rings. The van der Waals surface area contributed by atoms with E-state index < -0.39 is 0 Å². The normalized spacial score (nSPS) is 14.6. The van der Waals surface area contributed by atoms with E-state index in [4.69, 9.17) is 9.47 Å². The van der Waals surface area contributed by atoms with Gasteiger partial charge in [-0.3, -0.25) is 0 Å². The lowest BCUT2D eigenvalue weighted by Gasteiger charge is -2.14. The maximum absolute atomic E-state index is 5.49. The van der Waals surface area contributed by atoms with Crippen LogP contribution in [0.3, 0.4) is 0 Å². The topological polar surface area (TPSA) is 48.3 Å². The van der Waals surface area contributed by atoms with Crippen LogP contribution in [0.2, 0.25) is 0 Å². The second-order valence-corrected chi connectivity index (χ2v) is 4.65. The molecule has 1 atom stereocenters. The van der Waals surface area contributed by atoms with E-state index >= 15 is 0 Å². The van der Waals surface area contributed by atoms with E-state index in [1.165, 1.54) is 0 Å². The number of imidazole rings is 1. The summed E-state index contributed by atoms with van der Waals surface area (Å²) < 4.78 is 12.9. The first kappa shape index (κ1) is 12.0. The molecule has 1 aliphatic heterocycles. The molecule has 3 rings (SSSR count). The molecular formula is C14H17N3O2. The quantitative estimate of drug-likeness (QED) is 0.912. The molecule has 0 bridgehead atoms. The van der Waals surface area contributed by atoms with Crippen molar-refractivity contribution in [2.75, 3.05) is 6.79 Å². The van der Waals surface area contributed by atoms with Gasteiger partial charge in [0.2, 0.25) is 6.79 Å². The molecule has 0 fully saturated rings. The van der Waals surface area contributed by atoms with Crippen LogP contribution in [0.25, 0.3) is 0 Å². The maximum Gasteiger partial charge on any atom is 0.231 e. The summed E-state index contributed by atoms with van der Waals surface area (Å²) in [6.07, 6.45) is 3.76. The van der Waals surface area contributed by atoms with Crippen LogP contribution in [-0.4, -0.2) is 16.3 Å². The molecule has 100 valence electrons. The molecule has 1 aliphatic rings. The van der Waals surface area contributed by atoms with Gasteiger partial charge in [0, 0.05) is 31.5 Å². The largest absolute Gasteiger partial charge is 0.454 e. The van der Waals surface area contributed by atoms with Crippen molar-refractivity contribution in [1.29, 1.82) is 0 Å². The van der Waals surface area contributed by atoms with E-state index in [9.17, 15) is 0 Å². The summed E-state index contributed by atoms with van der Waals surface area (Å²) in [5.41, 5.74) is 1.11. The lowest BCUT2D eigenvalue weighted by Crippen LogP contribution is -2.21. The van der Waals surface area contributed by atoms with Gasteiger partial charge < -0.3 is 19.4 Å². The number of aryl methyl sites for hydroxylation is 1. The van der Waals surface area contributed by atoms with Crippen molar-refractivity contribution in [3.63, 3.8) is 0 Å². The third-order valence-electron chi connectivity index (χ3n) is 3.32. The van der Waals surface area contributed by atoms with Crippen molar-refractivity contribution in [2.24, 2.45) is 7.05 Å². The summed E-state index contributed by atoms with van der Waals surface area (Å²) in [7, 11) is 2.00. The third kappa shape index (κ3) is 2.29. The molecule has 5 nitrogen and oxygen atoms in total. The number of rotatable bonds is 4. The SMILES string of the molecule is CC(NCc1cccc2c1OCO2)c1nccn1C. The number of benzene rings is 1. The zero-order valence-corrected chi connectivity index (χ0v) is 11.1. The zero-order chi connectivity index (χ0) is 13.2. The summed E-state index contributed by atoms with van der Waals surface area (Å²) in [5, 5.41) is 3.45. The summed E-state index contributed by atoms with van der Waals surface area (Å²) in [6, 6.07) is 6.13. The van der Waals surface area contributed by atoms with Gasteiger partial charge in [-0.1, -0.05) is 12.1 Å². The van der Waals surface area contributed by atoms with Gasteiger partial charge in [0.15, 0.2) is 11.5 Å². The molecule has 1 aromatic heterocycles. The van der Waals surface area contributed by atoms with Crippen LogP contribution >= 0.6 is 0 Å². The average molecular weight is 259 g/mol. The first-order valence-corrected chi connectivity index (χ1v) is 6.34. The van der Waals surface area contributed by atoms with Crippen LogP contribution in [0.4, 0.5) is 0 Å². The zero-order valence-electron chi connectivity index (χ0n) is 11.1. The molecule has 0 saturated carbocycles. The maximum atomic E-state index is 5.49. The lowest BCUT2D eigenvalue weighted by molar-refractivity contribution is 0.173. The molecule has 0 radical (unpaired) electrons. The lowest BCUT2D eigenvalue weighted by atomic mass is 10.1. The Labute approximate surface area is 112 Å². The van der Waals surface area contributed by atoms with Gasteiger partial charge in [-0.25, -0.2) is 4.98 Å². The number of aromatic nitrogens is 2. The molecule has 1 aromatic carbocycles. The van der Waals surface area contributed by atoms with Crippen LogP contribution in [0, 0.1) is 0 Å².